The fourth-order valence-electron chi connectivity index (χ4n) is 12.6. The molecule has 4 aliphatic rings. The van der Waals surface area contributed by atoms with E-state index in [0.717, 1.165) is 101 Å². The molecular formula is C68H90N10O13S. The predicted molar refractivity (Wildman–Crippen MR) is 349 cm³/mol. The molecule has 0 radical (unpaired) electrons. The van der Waals surface area contributed by atoms with Crippen LogP contribution in [-0.4, -0.2) is 212 Å². The average molecular weight is 1290 g/mol. The van der Waals surface area contributed by atoms with Gasteiger partial charge in [-0.15, -0.1) is 11.3 Å². The topological polar surface area (TPSA) is 249 Å². The molecule has 496 valence electrons. The van der Waals surface area contributed by atoms with Crippen LogP contribution < -0.4 is 24.6 Å². The molecule has 6 aromatic rings. The molecule has 3 aromatic heterocycles. The third-order valence-corrected chi connectivity index (χ3v) is 18.3. The van der Waals surface area contributed by atoms with Gasteiger partial charge in [0.15, 0.2) is 0 Å². The number of nitrogens with zero attached hydrogens (tertiary/aromatic N) is 9. The minimum Gasteiger partial charge on any atom is -0.508 e. The van der Waals surface area contributed by atoms with Crippen molar-refractivity contribution in [3.05, 3.63) is 113 Å². The number of carbonyl (C=O) groups is 3. The Kier molecular flexibility index (Phi) is 24.3. The van der Waals surface area contributed by atoms with Gasteiger partial charge in [0.05, 0.1) is 106 Å². The van der Waals surface area contributed by atoms with Crippen molar-refractivity contribution in [2.75, 3.05) is 135 Å². The highest BCUT2D eigenvalue weighted by atomic mass is 32.1. The molecule has 0 spiro atoms. The van der Waals surface area contributed by atoms with Crippen LogP contribution in [0.1, 0.15) is 86.3 Å². The van der Waals surface area contributed by atoms with Crippen LogP contribution in [0.5, 0.6) is 17.5 Å². The lowest BCUT2D eigenvalue weighted by Crippen LogP contribution is -2.49. The lowest BCUT2D eigenvalue weighted by atomic mass is 9.91. The average Bonchev–Trinajstić information content (AvgIpc) is 0.967. The minimum atomic E-state index is -0.731. The zero-order valence-corrected chi connectivity index (χ0v) is 54.6. The molecule has 0 aliphatic carbocycles. The number of rotatable bonds is 32. The summed E-state index contributed by atoms with van der Waals surface area (Å²) < 4.78 is 47.6. The smallest absolute Gasteiger partial charge is 0.318 e. The lowest BCUT2D eigenvalue weighted by Gasteiger charge is -2.38. The van der Waals surface area contributed by atoms with Crippen LogP contribution in [0, 0.1) is 19.8 Å². The summed E-state index contributed by atoms with van der Waals surface area (Å²) in [6.45, 7) is 24.1. The summed E-state index contributed by atoms with van der Waals surface area (Å²) in [5.41, 5.74) is 8.11. The number of aryl methyl sites for hydroxylation is 2. The highest BCUT2D eigenvalue weighted by Crippen LogP contribution is 2.38. The number of aromatic hydroxyl groups is 1. The van der Waals surface area contributed by atoms with Gasteiger partial charge in [0.1, 0.15) is 41.7 Å². The maximum absolute atomic E-state index is 13.9. The number of piperazine rings is 1. The molecule has 10 rings (SSSR count). The standard InChI is InChI=1S/C68H90N10O13S/c1-7-63(82)75-20-22-76(23-21-75)66-57-16-19-77(59-39-53(79)35-49-10-8-9-11-56(49)59)43-58(57)71-68(72-66)90-47(5)41-74-17-14-55(15-18-74)88-32-30-86-28-26-84-24-25-85-27-29-87-31-33-89-60-36-50(65-48(6)70-44-92-65)12-13-51(60)40-69-62(81)38-52-37-54(80)42-78(52)67(83)64(45(2)3)61-34-46(4)73-91-61/h7-13,34-36,39,44-45,47,52,54-55,64,79-80H,1,14-33,37-38,40-43H2,2-6H3,(H,69,81)/t47-,52+,54-,64+/m1/s1. The summed E-state index contributed by atoms with van der Waals surface area (Å²) in [4.78, 5) is 65.7. The number of amides is 3. The first-order chi connectivity index (χ1) is 44.7. The zero-order valence-electron chi connectivity index (χ0n) is 53.8. The number of fused-ring (bicyclic) bond motifs is 2. The van der Waals surface area contributed by atoms with E-state index in [0.29, 0.717) is 122 Å². The molecule has 3 N–H and O–H groups in total. The molecule has 4 atom stereocenters. The number of aliphatic hydroxyl groups is 1. The van der Waals surface area contributed by atoms with E-state index in [1.165, 1.54) is 6.08 Å². The number of aliphatic hydroxyl groups excluding tert-OH is 1. The van der Waals surface area contributed by atoms with Gasteiger partial charge in [-0.2, -0.15) is 9.97 Å². The highest BCUT2D eigenvalue weighted by molar-refractivity contribution is 7.13. The molecule has 24 heteroatoms. The molecule has 3 fully saturated rings. The second-order valence-corrected chi connectivity index (χ2v) is 25.3. The largest absolute Gasteiger partial charge is 0.508 e. The van der Waals surface area contributed by atoms with Crippen LogP contribution in [0.3, 0.4) is 0 Å². The quantitative estimate of drug-likeness (QED) is 0.0278. The van der Waals surface area contributed by atoms with Gasteiger partial charge >= 0.3 is 6.01 Å². The van der Waals surface area contributed by atoms with Crippen LogP contribution in [0.2, 0.25) is 0 Å². The summed E-state index contributed by atoms with van der Waals surface area (Å²) in [5.74, 6) is 1.03. The fourth-order valence-corrected chi connectivity index (χ4v) is 13.4. The van der Waals surface area contributed by atoms with E-state index in [4.69, 9.17) is 47.6 Å². The Morgan fingerprint density at radius 3 is 2.24 bits per heavy atom. The molecule has 3 aromatic carbocycles. The molecule has 4 aliphatic heterocycles. The van der Waals surface area contributed by atoms with Crippen LogP contribution in [-0.2, 0) is 57.6 Å². The third-order valence-electron chi connectivity index (χ3n) is 17.3. The predicted octanol–water partition coefficient (Wildman–Crippen LogP) is 7.26. The molecule has 3 amide bonds. The first-order valence-corrected chi connectivity index (χ1v) is 33.2. The number of hydrogen-bond donors (Lipinski definition) is 3. The Balaban J connectivity index is 0.580. The van der Waals surface area contributed by atoms with E-state index in [2.05, 4.69) is 49.7 Å². The summed E-state index contributed by atoms with van der Waals surface area (Å²) in [7, 11) is 0. The van der Waals surface area contributed by atoms with Crippen LogP contribution in [0.15, 0.2) is 83.4 Å². The Labute approximate surface area is 542 Å². The van der Waals surface area contributed by atoms with Gasteiger partial charge in [-0.1, -0.05) is 62.0 Å². The number of anilines is 2. The second kappa shape index (κ2) is 33.0. The van der Waals surface area contributed by atoms with E-state index in [1.807, 2.05) is 73.6 Å². The van der Waals surface area contributed by atoms with Crippen molar-refractivity contribution in [3.8, 4) is 28.0 Å². The zero-order chi connectivity index (χ0) is 64.5. The SMILES string of the molecule is C=CC(=O)N1CCN(c2nc(O[C@H](C)CN3CCC(OCCOCCOCCOCCOCCOc4cc(-c5scnc5C)ccc4CNC(=O)C[C@@H]4C[C@@H](O)CN4C(=O)[C@H](c4cc(C)no4)C(C)C)CC3)nc3c2CCN(c2cc(O)cc4ccccc24)C3)CC1. The Morgan fingerprint density at radius 1 is 0.837 bits per heavy atom. The van der Waals surface area contributed by atoms with Gasteiger partial charge in [-0.05, 0) is 81.5 Å². The van der Waals surface area contributed by atoms with Gasteiger partial charge < -0.3 is 72.8 Å². The third kappa shape index (κ3) is 18.1. The summed E-state index contributed by atoms with van der Waals surface area (Å²) in [5, 5.41) is 30.4. The van der Waals surface area contributed by atoms with E-state index >= 15 is 0 Å². The normalized spacial score (nSPS) is 17.9. The number of piperidine rings is 1. The fraction of sp³-hybridized carbons (Fsp3) is 0.544. The summed E-state index contributed by atoms with van der Waals surface area (Å²) in [6.07, 6.45) is 3.52. The molecule has 23 nitrogen and oxygen atoms in total. The van der Waals surface area contributed by atoms with Crippen molar-refractivity contribution in [3.63, 3.8) is 0 Å². The molecule has 0 bridgehead atoms. The number of thiazole rings is 1. The van der Waals surface area contributed by atoms with Crippen molar-refractivity contribution in [1.29, 1.82) is 0 Å². The van der Waals surface area contributed by atoms with E-state index in [-0.39, 0.29) is 67.7 Å². The van der Waals surface area contributed by atoms with Crippen molar-refractivity contribution >= 4 is 51.3 Å². The first kappa shape index (κ1) is 67.6. The number of aromatic nitrogens is 4. The monoisotopic (exact) mass is 1290 g/mol. The number of benzene rings is 3. The summed E-state index contributed by atoms with van der Waals surface area (Å²) in [6, 6.07) is 19.3. The second-order valence-electron chi connectivity index (χ2n) is 24.4. The molecule has 92 heavy (non-hydrogen) atoms. The van der Waals surface area contributed by atoms with Crippen LogP contribution >= 0.6 is 11.3 Å². The van der Waals surface area contributed by atoms with Gasteiger partial charge in [-0.25, -0.2) is 4.98 Å². The number of phenols is 1. The maximum atomic E-state index is 13.9. The molecule has 0 unspecified atom stereocenters. The molecule has 7 heterocycles. The minimum absolute atomic E-state index is 0.0399. The highest BCUT2D eigenvalue weighted by Gasteiger charge is 2.41. The van der Waals surface area contributed by atoms with Gasteiger partial charge in [0.25, 0.3) is 0 Å². The number of ether oxygens (including phenoxy) is 7. The first-order valence-electron chi connectivity index (χ1n) is 32.4. The van der Waals surface area contributed by atoms with Crippen molar-refractivity contribution in [2.24, 2.45) is 5.92 Å². The molecule has 3 saturated heterocycles. The molecular weight excluding hydrogens is 1200 g/mol. The Hall–Kier alpha value is -7.29. The van der Waals surface area contributed by atoms with Crippen LogP contribution in [0.4, 0.5) is 11.5 Å². The number of nitrogens with one attached hydrogen (secondary N) is 1. The number of β-amino-alcohol motifs (C(OH)–C–C–N with tert-alkyl or cyclic N) is 1. The number of phenolic OH excluding ortho intramolecular Hbond substituents is 1. The number of hydrogen-bond acceptors (Lipinski definition) is 21. The maximum Gasteiger partial charge on any atom is 0.318 e. The van der Waals surface area contributed by atoms with Crippen LogP contribution in [0.25, 0.3) is 21.2 Å². The van der Waals surface area contributed by atoms with Gasteiger partial charge in [0, 0.05) is 112 Å². The van der Waals surface area contributed by atoms with E-state index in [1.54, 1.807) is 35.3 Å². The van der Waals surface area contributed by atoms with Crippen molar-refractivity contribution in [2.45, 2.75) is 110 Å². The molecule has 0 saturated carbocycles. The van der Waals surface area contributed by atoms with Gasteiger partial charge in [-0.3, -0.25) is 19.3 Å². The Morgan fingerprint density at radius 2 is 1.55 bits per heavy atom. The Bertz CT molecular complexity index is 3400. The number of carbonyl (C=O) groups excluding carboxylic acids is 3. The van der Waals surface area contributed by atoms with Crippen molar-refractivity contribution in [1.82, 2.24) is 40.1 Å². The lowest BCUT2D eigenvalue weighted by molar-refractivity contribution is -0.136. The van der Waals surface area contributed by atoms with E-state index in [9.17, 15) is 24.6 Å². The number of likely N-dealkylation sites (tertiary alicyclic amines) is 2. The van der Waals surface area contributed by atoms with Crippen molar-refractivity contribution < 1.29 is 62.3 Å². The summed E-state index contributed by atoms with van der Waals surface area (Å²) >= 11 is 1.55. The van der Waals surface area contributed by atoms with E-state index < -0.39 is 18.1 Å². The van der Waals surface area contributed by atoms with Gasteiger partial charge in [0.2, 0.25) is 17.7 Å².